The molecule has 0 radical (unpaired) electrons. The van der Waals surface area contributed by atoms with Gasteiger partial charge in [0, 0.05) is 12.0 Å². The van der Waals surface area contributed by atoms with Crippen LogP contribution in [0.5, 0.6) is 5.75 Å². The standard InChI is InChI=1S/C19H21NO3/c1-22-15-8-4-13(5-9-15)17-11-18(17)19(21)20(14-6-7-14)12-16-3-2-10-23-16/h2-5,8-10,14,17-18H,6-7,11-12H2,1H3/t17-,18+/m0/s1. The second-order valence-electron chi connectivity index (χ2n) is 6.50. The summed E-state index contributed by atoms with van der Waals surface area (Å²) in [7, 11) is 1.67. The first-order chi connectivity index (χ1) is 11.3. The van der Waals surface area contributed by atoms with Crippen LogP contribution >= 0.6 is 0 Å². The third-order valence-electron chi connectivity index (χ3n) is 4.83. The number of hydrogen-bond acceptors (Lipinski definition) is 3. The highest BCUT2D eigenvalue weighted by Gasteiger charge is 2.48. The summed E-state index contributed by atoms with van der Waals surface area (Å²) >= 11 is 0. The molecule has 120 valence electrons. The number of amides is 1. The molecule has 23 heavy (non-hydrogen) atoms. The monoisotopic (exact) mass is 311 g/mol. The third-order valence-corrected chi connectivity index (χ3v) is 4.83. The molecule has 0 unspecified atom stereocenters. The lowest BCUT2D eigenvalue weighted by Crippen LogP contribution is -2.34. The molecule has 2 saturated carbocycles. The van der Waals surface area contributed by atoms with Gasteiger partial charge in [0.05, 0.1) is 19.9 Å². The lowest BCUT2D eigenvalue weighted by molar-refractivity contribution is -0.134. The van der Waals surface area contributed by atoms with Crippen molar-refractivity contribution in [3.05, 3.63) is 54.0 Å². The van der Waals surface area contributed by atoms with Crippen LogP contribution in [-0.4, -0.2) is 24.0 Å². The molecule has 1 aromatic heterocycles. The number of hydrogen-bond donors (Lipinski definition) is 0. The van der Waals surface area contributed by atoms with E-state index in [2.05, 4.69) is 12.1 Å². The Labute approximate surface area is 136 Å². The van der Waals surface area contributed by atoms with Gasteiger partial charge in [-0.05, 0) is 55.0 Å². The number of rotatable bonds is 6. The Bertz CT molecular complexity index is 673. The van der Waals surface area contributed by atoms with Gasteiger partial charge in [0.1, 0.15) is 11.5 Å². The second-order valence-corrected chi connectivity index (χ2v) is 6.50. The van der Waals surface area contributed by atoms with Gasteiger partial charge >= 0.3 is 0 Å². The number of methoxy groups -OCH3 is 1. The molecular weight excluding hydrogens is 290 g/mol. The van der Waals surface area contributed by atoms with E-state index in [0.717, 1.165) is 30.8 Å². The summed E-state index contributed by atoms with van der Waals surface area (Å²) in [6, 6.07) is 12.3. The van der Waals surface area contributed by atoms with E-state index in [1.54, 1.807) is 13.4 Å². The first kappa shape index (κ1) is 14.4. The van der Waals surface area contributed by atoms with Crippen molar-refractivity contribution in [2.45, 2.75) is 37.8 Å². The second kappa shape index (κ2) is 5.76. The number of carbonyl (C=O) groups is 1. The van der Waals surface area contributed by atoms with E-state index in [-0.39, 0.29) is 11.8 Å². The molecule has 1 amide bonds. The number of benzene rings is 1. The summed E-state index contributed by atoms with van der Waals surface area (Å²) in [5, 5.41) is 0. The zero-order chi connectivity index (χ0) is 15.8. The fourth-order valence-electron chi connectivity index (χ4n) is 3.24. The van der Waals surface area contributed by atoms with Gasteiger partial charge in [0.15, 0.2) is 0 Å². The molecule has 0 bridgehead atoms. The molecule has 4 rings (SSSR count). The topological polar surface area (TPSA) is 42.7 Å². The van der Waals surface area contributed by atoms with Crippen LogP contribution in [0.2, 0.25) is 0 Å². The van der Waals surface area contributed by atoms with E-state index in [4.69, 9.17) is 9.15 Å². The van der Waals surface area contributed by atoms with E-state index < -0.39 is 0 Å². The van der Waals surface area contributed by atoms with Gasteiger partial charge in [-0.3, -0.25) is 4.79 Å². The molecule has 1 aromatic carbocycles. The molecule has 2 atom stereocenters. The minimum Gasteiger partial charge on any atom is -0.497 e. The Kier molecular flexibility index (Phi) is 3.60. The van der Waals surface area contributed by atoms with Crippen LogP contribution in [0.4, 0.5) is 0 Å². The smallest absolute Gasteiger partial charge is 0.226 e. The van der Waals surface area contributed by atoms with Crippen LogP contribution in [0.3, 0.4) is 0 Å². The minimum atomic E-state index is 0.124. The van der Waals surface area contributed by atoms with E-state index in [9.17, 15) is 4.79 Å². The maximum atomic E-state index is 12.9. The lowest BCUT2D eigenvalue weighted by Gasteiger charge is -2.21. The van der Waals surface area contributed by atoms with E-state index in [1.807, 2.05) is 29.2 Å². The Balaban J connectivity index is 1.43. The van der Waals surface area contributed by atoms with Crippen LogP contribution in [0.15, 0.2) is 47.1 Å². The van der Waals surface area contributed by atoms with Crippen LogP contribution in [0, 0.1) is 5.92 Å². The number of nitrogens with zero attached hydrogens (tertiary/aromatic N) is 1. The Morgan fingerprint density at radius 1 is 1.26 bits per heavy atom. The molecule has 2 aromatic rings. The third kappa shape index (κ3) is 2.98. The van der Waals surface area contributed by atoms with E-state index in [0.29, 0.717) is 18.5 Å². The zero-order valence-corrected chi connectivity index (χ0v) is 13.3. The lowest BCUT2D eigenvalue weighted by atomic mass is 10.1. The van der Waals surface area contributed by atoms with Crippen molar-refractivity contribution in [3.63, 3.8) is 0 Å². The van der Waals surface area contributed by atoms with Crippen molar-refractivity contribution in [2.24, 2.45) is 5.92 Å². The summed E-state index contributed by atoms with van der Waals surface area (Å²) < 4.78 is 10.6. The molecule has 0 aliphatic heterocycles. The zero-order valence-electron chi connectivity index (χ0n) is 13.3. The number of carbonyl (C=O) groups excluding carboxylic acids is 1. The fraction of sp³-hybridized carbons (Fsp3) is 0.421. The van der Waals surface area contributed by atoms with E-state index >= 15 is 0 Å². The molecule has 2 aliphatic carbocycles. The summed E-state index contributed by atoms with van der Waals surface area (Å²) in [5.74, 6) is 2.48. The molecule has 2 fully saturated rings. The summed E-state index contributed by atoms with van der Waals surface area (Å²) in [6.07, 6.45) is 4.85. The molecule has 0 saturated heterocycles. The van der Waals surface area contributed by atoms with Gasteiger partial charge < -0.3 is 14.1 Å². The first-order valence-electron chi connectivity index (χ1n) is 8.23. The highest BCUT2D eigenvalue weighted by Crippen LogP contribution is 2.49. The van der Waals surface area contributed by atoms with Gasteiger partial charge in [-0.1, -0.05) is 12.1 Å². The Hall–Kier alpha value is -2.23. The quantitative estimate of drug-likeness (QED) is 0.819. The van der Waals surface area contributed by atoms with Crippen molar-refractivity contribution in [1.29, 1.82) is 0 Å². The van der Waals surface area contributed by atoms with Gasteiger partial charge in [0.25, 0.3) is 0 Å². The van der Waals surface area contributed by atoms with Crippen molar-refractivity contribution in [3.8, 4) is 5.75 Å². The summed E-state index contributed by atoms with van der Waals surface area (Å²) in [4.78, 5) is 14.9. The largest absolute Gasteiger partial charge is 0.497 e. The summed E-state index contributed by atoms with van der Waals surface area (Å²) in [6.45, 7) is 0.600. The fourth-order valence-corrected chi connectivity index (χ4v) is 3.24. The number of furan rings is 1. The average Bonchev–Trinajstić information content (AvgIpc) is 3.51. The number of ether oxygens (including phenoxy) is 1. The molecule has 4 nitrogen and oxygen atoms in total. The van der Waals surface area contributed by atoms with Crippen molar-refractivity contribution in [2.75, 3.05) is 7.11 Å². The van der Waals surface area contributed by atoms with Gasteiger partial charge in [-0.15, -0.1) is 0 Å². The average molecular weight is 311 g/mol. The van der Waals surface area contributed by atoms with Crippen molar-refractivity contribution >= 4 is 5.91 Å². The van der Waals surface area contributed by atoms with Gasteiger partial charge in [-0.2, -0.15) is 0 Å². The van der Waals surface area contributed by atoms with Crippen LogP contribution in [-0.2, 0) is 11.3 Å². The molecular formula is C19H21NO3. The predicted molar refractivity (Wildman–Crippen MR) is 86.1 cm³/mol. The normalized spacial score (nSPS) is 22.7. The summed E-state index contributed by atoms with van der Waals surface area (Å²) in [5.41, 5.74) is 1.23. The maximum Gasteiger partial charge on any atom is 0.226 e. The SMILES string of the molecule is COc1ccc([C@@H]2C[C@H]2C(=O)N(Cc2ccco2)C2CC2)cc1. The Morgan fingerprint density at radius 3 is 2.65 bits per heavy atom. The van der Waals surface area contributed by atoms with E-state index in [1.165, 1.54) is 5.56 Å². The molecule has 1 heterocycles. The molecule has 0 N–H and O–H groups in total. The highest BCUT2D eigenvalue weighted by atomic mass is 16.5. The Morgan fingerprint density at radius 2 is 2.04 bits per heavy atom. The molecule has 4 heteroatoms. The first-order valence-corrected chi connectivity index (χ1v) is 8.23. The van der Waals surface area contributed by atoms with Crippen molar-refractivity contribution in [1.82, 2.24) is 4.90 Å². The van der Waals surface area contributed by atoms with Gasteiger partial charge in [-0.25, -0.2) is 0 Å². The van der Waals surface area contributed by atoms with Crippen molar-refractivity contribution < 1.29 is 13.9 Å². The van der Waals surface area contributed by atoms with Gasteiger partial charge in [0.2, 0.25) is 5.91 Å². The van der Waals surface area contributed by atoms with Crippen LogP contribution in [0.25, 0.3) is 0 Å². The molecule has 0 spiro atoms. The predicted octanol–water partition coefficient (Wildman–Crippen LogP) is 3.58. The molecule has 2 aliphatic rings. The van der Waals surface area contributed by atoms with Crippen LogP contribution in [0.1, 0.15) is 36.5 Å². The highest BCUT2D eigenvalue weighted by molar-refractivity contribution is 5.83. The minimum absolute atomic E-state index is 0.124. The maximum absolute atomic E-state index is 12.9. The van der Waals surface area contributed by atoms with Crippen LogP contribution < -0.4 is 4.74 Å².